The Labute approximate surface area is 122 Å². The fourth-order valence-corrected chi connectivity index (χ4v) is 2.02. The summed E-state index contributed by atoms with van der Waals surface area (Å²) in [6, 6.07) is 4.13. The lowest BCUT2D eigenvalue weighted by atomic mass is 9.96. The average molecular weight is 341 g/mol. The van der Waals surface area contributed by atoms with E-state index in [-0.39, 0.29) is 18.2 Å². The van der Waals surface area contributed by atoms with Gasteiger partial charge in [-0.05, 0) is 52.4 Å². The third-order valence-corrected chi connectivity index (χ3v) is 3.39. The number of rotatable bonds is 5. The number of nitrogens with two attached hydrogens (primary N) is 1. The Balaban J connectivity index is 0.00000289. The molecule has 5 heteroatoms. The lowest BCUT2D eigenvalue weighted by Crippen LogP contribution is -2.26. The van der Waals surface area contributed by atoms with Crippen molar-refractivity contribution in [2.75, 3.05) is 0 Å². The molecule has 1 aromatic carbocycles. The molecule has 0 spiro atoms. The molecular weight excluding hydrogens is 321 g/mol. The highest BCUT2D eigenvalue weighted by molar-refractivity contribution is 9.10. The summed E-state index contributed by atoms with van der Waals surface area (Å²) in [4.78, 5) is 0. The lowest BCUT2D eigenvalue weighted by molar-refractivity contribution is 0.128. The monoisotopic (exact) mass is 339 g/mol. The third kappa shape index (κ3) is 5.22. The molecule has 0 radical (unpaired) electrons. The van der Waals surface area contributed by atoms with Gasteiger partial charge in [0.05, 0.1) is 16.6 Å². The first-order valence-electron chi connectivity index (χ1n) is 5.80. The van der Waals surface area contributed by atoms with Gasteiger partial charge < -0.3 is 10.8 Å². The Morgan fingerprint density at radius 3 is 2.44 bits per heavy atom. The molecular formula is C13H20BrClFNO. The summed E-state index contributed by atoms with van der Waals surface area (Å²) in [5.74, 6) is 0.217. The summed E-state index contributed by atoms with van der Waals surface area (Å²) >= 11 is 3.11. The van der Waals surface area contributed by atoms with Crippen LogP contribution >= 0.6 is 28.3 Å². The van der Waals surface area contributed by atoms with Crippen LogP contribution in [0.3, 0.4) is 0 Å². The normalized spacial score (nSPS) is 14.2. The fraction of sp³-hybridized carbons (Fsp3) is 0.538. The second-order valence-electron chi connectivity index (χ2n) is 4.74. The predicted octanol–water partition coefficient (Wildman–Crippen LogP) is 3.81. The van der Waals surface area contributed by atoms with Gasteiger partial charge in [0.1, 0.15) is 5.82 Å². The van der Waals surface area contributed by atoms with E-state index in [1.807, 2.05) is 0 Å². The van der Waals surface area contributed by atoms with Crippen LogP contribution in [0, 0.1) is 11.7 Å². The molecule has 104 valence electrons. The number of aliphatic hydroxyl groups excluding tert-OH is 1. The van der Waals surface area contributed by atoms with Crippen molar-refractivity contribution in [3.8, 4) is 0 Å². The van der Waals surface area contributed by atoms with Crippen molar-refractivity contribution in [2.24, 2.45) is 11.7 Å². The van der Waals surface area contributed by atoms with Gasteiger partial charge >= 0.3 is 0 Å². The van der Waals surface area contributed by atoms with Crippen molar-refractivity contribution in [3.63, 3.8) is 0 Å². The molecule has 0 saturated carbocycles. The van der Waals surface area contributed by atoms with Gasteiger partial charge in [-0.3, -0.25) is 0 Å². The minimum Gasteiger partial charge on any atom is -0.391 e. The topological polar surface area (TPSA) is 46.2 Å². The van der Waals surface area contributed by atoms with E-state index in [2.05, 4.69) is 29.8 Å². The van der Waals surface area contributed by atoms with Crippen molar-refractivity contribution in [3.05, 3.63) is 34.1 Å². The van der Waals surface area contributed by atoms with E-state index in [0.29, 0.717) is 16.8 Å². The second-order valence-corrected chi connectivity index (χ2v) is 5.59. The van der Waals surface area contributed by atoms with Crippen LogP contribution in [0.1, 0.15) is 38.3 Å². The van der Waals surface area contributed by atoms with E-state index >= 15 is 0 Å². The van der Waals surface area contributed by atoms with Gasteiger partial charge in [-0.2, -0.15) is 0 Å². The number of hydrogen-bond donors (Lipinski definition) is 2. The first kappa shape index (κ1) is 17.8. The highest BCUT2D eigenvalue weighted by atomic mass is 79.9. The van der Waals surface area contributed by atoms with E-state index in [4.69, 9.17) is 5.73 Å². The van der Waals surface area contributed by atoms with Gasteiger partial charge in [-0.15, -0.1) is 12.4 Å². The molecule has 0 aliphatic heterocycles. The van der Waals surface area contributed by atoms with Crippen molar-refractivity contribution in [1.82, 2.24) is 0 Å². The molecule has 0 aliphatic rings. The molecule has 0 aliphatic carbocycles. The van der Waals surface area contributed by atoms with Gasteiger partial charge in [0.2, 0.25) is 0 Å². The summed E-state index contributed by atoms with van der Waals surface area (Å²) in [6.07, 6.45) is 1.00. The number of benzene rings is 1. The SMILES string of the molecule is CC(C)CC[C@H](O)[C@H](N)c1ccc(F)c(Br)c1.Cl. The zero-order valence-electron chi connectivity index (χ0n) is 10.6. The molecule has 2 nitrogen and oxygen atoms in total. The first-order valence-corrected chi connectivity index (χ1v) is 6.59. The molecule has 1 rings (SSSR count). The minimum atomic E-state index is -0.588. The molecule has 3 N–H and O–H groups in total. The Bertz CT molecular complexity index is 376. The summed E-state index contributed by atoms with van der Waals surface area (Å²) in [5, 5.41) is 9.95. The zero-order valence-corrected chi connectivity index (χ0v) is 13.0. The Morgan fingerprint density at radius 1 is 1.33 bits per heavy atom. The van der Waals surface area contributed by atoms with Gasteiger partial charge in [0.15, 0.2) is 0 Å². The molecule has 18 heavy (non-hydrogen) atoms. The van der Waals surface area contributed by atoms with Crippen LogP contribution in [0.25, 0.3) is 0 Å². The summed E-state index contributed by atoms with van der Waals surface area (Å²) in [5.41, 5.74) is 6.70. The van der Waals surface area contributed by atoms with Crippen LogP contribution < -0.4 is 5.73 Å². The van der Waals surface area contributed by atoms with Crippen LogP contribution in [0.5, 0.6) is 0 Å². The average Bonchev–Trinajstić information content (AvgIpc) is 2.28. The van der Waals surface area contributed by atoms with Gasteiger partial charge in [-0.1, -0.05) is 19.9 Å². The molecule has 0 saturated heterocycles. The second kappa shape index (κ2) is 8.10. The van der Waals surface area contributed by atoms with Crippen LogP contribution in [-0.2, 0) is 0 Å². The maximum atomic E-state index is 13.1. The minimum absolute atomic E-state index is 0. The highest BCUT2D eigenvalue weighted by Gasteiger charge is 2.17. The summed E-state index contributed by atoms with van der Waals surface area (Å²) in [6.45, 7) is 4.21. The van der Waals surface area contributed by atoms with E-state index in [1.165, 1.54) is 6.07 Å². The zero-order chi connectivity index (χ0) is 13.0. The van der Waals surface area contributed by atoms with E-state index < -0.39 is 12.1 Å². The maximum absolute atomic E-state index is 13.1. The molecule has 0 amide bonds. The van der Waals surface area contributed by atoms with Gasteiger partial charge in [-0.25, -0.2) is 4.39 Å². The molecule has 2 atom stereocenters. The van der Waals surface area contributed by atoms with Crippen LogP contribution in [0.2, 0.25) is 0 Å². The number of halogens is 3. The van der Waals surface area contributed by atoms with Crippen molar-refractivity contribution in [1.29, 1.82) is 0 Å². The van der Waals surface area contributed by atoms with Crippen LogP contribution in [0.4, 0.5) is 4.39 Å². The molecule has 0 fully saturated rings. The Morgan fingerprint density at radius 2 is 1.94 bits per heavy atom. The lowest BCUT2D eigenvalue weighted by Gasteiger charge is -2.20. The van der Waals surface area contributed by atoms with E-state index in [9.17, 15) is 9.50 Å². The smallest absolute Gasteiger partial charge is 0.137 e. The molecule has 1 aromatic rings. The maximum Gasteiger partial charge on any atom is 0.137 e. The predicted molar refractivity (Wildman–Crippen MR) is 78.4 cm³/mol. The van der Waals surface area contributed by atoms with Gasteiger partial charge in [0, 0.05) is 0 Å². The van der Waals surface area contributed by atoms with Crippen molar-refractivity contribution < 1.29 is 9.50 Å². The molecule has 0 bridgehead atoms. The third-order valence-electron chi connectivity index (χ3n) is 2.78. The van der Waals surface area contributed by atoms with Crippen LogP contribution in [0.15, 0.2) is 22.7 Å². The standard InChI is InChI=1S/C13H19BrFNO.ClH/c1-8(2)3-6-12(17)13(16)9-4-5-11(15)10(14)7-9;/h4-5,7-8,12-13,17H,3,6,16H2,1-2H3;1H/t12-,13+;/m0./s1. The summed E-state index contributed by atoms with van der Waals surface area (Å²) in [7, 11) is 0. The van der Waals surface area contributed by atoms with Crippen LogP contribution in [-0.4, -0.2) is 11.2 Å². The van der Waals surface area contributed by atoms with Crippen molar-refractivity contribution in [2.45, 2.75) is 38.8 Å². The summed E-state index contributed by atoms with van der Waals surface area (Å²) < 4.78 is 13.4. The molecule has 0 aromatic heterocycles. The number of hydrogen-bond acceptors (Lipinski definition) is 2. The fourth-order valence-electron chi connectivity index (χ4n) is 1.63. The van der Waals surface area contributed by atoms with E-state index in [1.54, 1.807) is 12.1 Å². The highest BCUT2D eigenvalue weighted by Crippen LogP contribution is 2.24. The quantitative estimate of drug-likeness (QED) is 0.856. The number of aliphatic hydroxyl groups is 1. The first-order chi connectivity index (χ1) is 7.91. The van der Waals surface area contributed by atoms with E-state index in [0.717, 1.165) is 12.0 Å². The Kier molecular flexibility index (Phi) is 8.03. The molecule has 0 unspecified atom stereocenters. The van der Waals surface area contributed by atoms with Crippen molar-refractivity contribution >= 4 is 28.3 Å². The largest absolute Gasteiger partial charge is 0.391 e. The molecule has 0 heterocycles. The Hall–Kier alpha value is -0.160. The van der Waals surface area contributed by atoms with Gasteiger partial charge in [0.25, 0.3) is 0 Å².